The van der Waals surface area contributed by atoms with E-state index in [-0.39, 0.29) is 5.54 Å². The maximum absolute atomic E-state index is 7.69. The van der Waals surface area contributed by atoms with Gasteiger partial charge in [0.2, 0.25) is 0 Å². The van der Waals surface area contributed by atoms with Crippen LogP contribution in [0.5, 0.6) is 0 Å². The number of fused-ring (bicyclic) bond motifs is 1. The molecule has 1 aliphatic heterocycles. The van der Waals surface area contributed by atoms with Crippen LogP contribution in [-0.4, -0.2) is 17.6 Å². The Labute approximate surface area is 164 Å². The van der Waals surface area contributed by atoms with Crippen LogP contribution in [-0.2, 0) is 6.54 Å². The van der Waals surface area contributed by atoms with E-state index < -0.39 is 0 Å². The first-order chi connectivity index (χ1) is 13.2. The molecule has 0 radical (unpaired) electrons. The predicted molar refractivity (Wildman–Crippen MR) is 112 cm³/mol. The van der Waals surface area contributed by atoms with Gasteiger partial charge >= 0.3 is 0 Å². The third kappa shape index (κ3) is 3.70. The van der Waals surface area contributed by atoms with Crippen LogP contribution in [0.1, 0.15) is 43.2 Å². The first-order valence-corrected chi connectivity index (χ1v) is 9.82. The third-order valence-corrected chi connectivity index (χ3v) is 5.60. The molecule has 27 heavy (non-hydrogen) atoms. The molecule has 0 amide bonds. The van der Waals surface area contributed by atoms with Gasteiger partial charge in [-0.2, -0.15) is 0 Å². The summed E-state index contributed by atoms with van der Waals surface area (Å²) in [7, 11) is 0. The van der Waals surface area contributed by atoms with Crippen LogP contribution in [0.2, 0.25) is 5.02 Å². The monoisotopic (exact) mass is 381 g/mol. The van der Waals surface area contributed by atoms with Crippen molar-refractivity contribution in [2.24, 2.45) is 4.99 Å². The molecule has 1 spiro atoms. The van der Waals surface area contributed by atoms with Gasteiger partial charge in [-0.25, -0.2) is 10.4 Å². The zero-order chi connectivity index (χ0) is 18.7. The molecule has 0 saturated heterocycles. The fraction of sp³-hybridized carbons (Fsp3) is 0.333. The molecule has 4 N–H and O–H groups in total. The van der Waals surface area contributed by atoms with Gasteiger partial charge in [-0.1, -0.05) is 55.1 Å². The van der Waals surface area contributed by atoms with Crippen molar-refractivity contribution in [2.45, 2.75) is 44.2 Å². The molecule has 5 nitrogen and oxygen atoms in total. The molecule has 4 rings (SSSR count). The smallest absolute Gasteiger partial charge is 0.142 e. The summed E-state index contributed by atoms with van der Waals surface area (Å²) in [6, 6.07) is 13.8. The van der Waals surface area contributed by atoms with Gasteiger partial charge in [-0.3, -0.25) is 0 Å². The fourth-order valence-corrected chi connectivity index (χ4v) is 4.19. The Kier molecular flexibility index (Phi) is 5.14. The number of hydrogen-bond donors (Lipinski definition) is 4. The number of nitrogens with zero attached hydrogens (tertiary/aromatic N) is 1. The molecule has 1 fully saturated rings. The van der Waals surface area contributed by atoms with E-state index in [0.717, 1.165) is 46.2 Å². The van der Waals surface area contributed by atoms with Gasteiger partial charge in [0.05, 0.1) is 16.9 Å². The van der Waals surface area contributed by atoms with Gasteiger partial charge in [-0.05, 0) is 36.6 Å². The van der Waals surface area contributed by atoms with Crippen molar-refractivity contribution in [3.63, 3.8) is 0 Å². The number of nitrogens with one attached hydrogen (secondary N) is 4. The van der Waals surface area contributed by atoms with Crippen molar-refractivity contribution in [2.75, 3.05) is 5.32 Å². The van der Waals surface area contributed by atoms with Crippen molar-refractivity contribution in [3.05, 3.63) is 58.6 Å². The van der Waals surface area contributed by atoms with Crippen LogP contribution < -0.4 is 16.2 Å². The highest BCUT2D eigenvalue weighted by atomic mass is 35.5. The molecular weight excluding hydrogens is 358 g/mol. The number of amidine groups is 1. The molecule has 1 aliphatic carbocycles. The van der Waals surface area contributed by atoms with E-state index in [2.05, 4.69) is 22.2 Å². The molecule has 2 aliphatic rings. The van der Waals surface area contributed by atoms with Crippen molar-refractivity contribution in [1.82, 2.24) is 10.9 Å². The van der Waals surface area contributed by atoms with E-state index >= 15 is 0 Å². The zero-order valence-electron chi connectivity index (χ0n) is 15.2. The maximum atomic E-state index is 7.69. The molecule has 0 bridgehead atoms. The number of rotatable bonds is 4. The van der Waals surface area contributed by atoms with Crippen LogP contribution in [0.25, 0.3) is 0 Å². The van der Waals surface area contributed by atoms with Gasteiger partial charge in [0.15, 0.2) is 0 Å². The summed E-state index contributed by atoms with van der Waals surface area (Å²) in [6.07, 6.45) is 7.08. The number of hydrogen-bond acceptors (Lipinski definition) is 5. The van der Waals surface area contributed by atoms with Crippen molar-refractivity contribution in [1.29, 1.82) is 5.41 Å². The molecule has 1 heterocycles. The average molecular weight is 382 g/mol. The Morgan fingerprint density at radius 3 is 2.74 bits per heavy atom. The van der Waals surface area contributed by atoms with Crippen LogP contribution in [0, 0.1) is 5.41 Å². The minimum Gasteiger partial charge on any atom is -0.371 e. The summed E-state index contributed by atoms with van der Waals surface area (Å²) in [6.45, 7) is 0.648. The first-order valence-electron chi connectivity index (χ1n) is 9.44. The largest absolute Gasteiger partial charge is 0.371 e. The van der Waals surface area contributed by atoms with Gasteiger partial charge in [0, 0.05) is 23.3 Å². The quantitative estimate of drug-likeness (QED) is 0.454. The lowest BCUT2D eigenvalue weighted by Crippen LogP contribution is -2.57. The van der Waals surface area contributed by atoms with Crippen molar-refractivity contribution >= 4 is 35.0 Å². The van der Waals surface area contributed by atoms with Gasteiger partial charge in [0.25, 0.3) is 0 Å². The number of halogens is 1. The summed E-state index contributed by atoms with van der Waals surface area (Å²) < 4.78 is 0. The molecule has 2 aromatic carbocycles. The summed E-state index contributed by atoms with van der Waals surface area (Å²) in [5.41, 5.74) is 10.3. The van der Waals surface area contributed by atoms with Gasteiger partial charge in [0.1, 0.15) is 5.84 Å². The lowest BCUT2D eigenvalue weighted by atomic mass is 9.79. The van der Waals surface area contributed by atoms with Crippen LogP contribution >= 0.6 is 11.6 Å². The van der Waals surface area contributed by atoms with E-state index in [1.165, 1.54) is 25.5 Å². The average Bonchev–Trinajstić information content (AvgIpc) is 2.69. The predicted octanol–water partition coefficient (Wildman–Crippen LogP) is 4.79. The number of para-hydroxylation sites is 1. The van der Waals surface area contributed by atoms with E-state index in [1.807, 2.05) is 36.4 Å². The minimum atomic E-state index is -0.173. The summed E-state index contributed by atoms with van der Waals surface area (Å²) in [4.78, 5) is 4.95. The summed E-state index contributed by atoms with van der Waals surface area (Å²) >= 11 is 6.08. The minimum absolute atomic E-state index is 0.173. The zero-order valence-corrected chi connectivity index (χ0v) is 15.9. The second-order valence-electron chi connectivity index (χ2n) is 7.22. The van der Waals surface area contributed by atoms with Gasteiger partial charge < -0.3 is 16.2 Å². The standard InChI is InChI=1S/C21H24ClN5/c22-17-8-4-6-15(12-17)14-24-27-20-21(10-2-1-3-11-21)26-18-9-5-7-16(13-23)19(18)25-20/h4-9,12-13,23-24,26H,1-3,10-11,14H2,(H,25,27). The fourth-order valence-electron chi connectivity index (χ4n) is 3.98. The topological polar surface area (TPSA) is 72.3 Å². The Bertz CT molecular complexity index is 871. The van der Waals surface area contributed by atoms with Gasteiger partial charge in [-0.15, -0.1) is 0 Å². The van der Waals surface area contributed by atoms with Crippen molar-refractivity contribution < 1.29 is 0 Å². The molecule has 0 atom stereocenters. The Balaban J connectivity index is 1.59. The SMILES string of the molecule is N=Cc1cccc2c1N=C(NNCc1cccc(Cl)c1)C1(CCCCC1)N2. The van der Waals surface area contributed by atoms with Crippen LogP contribution in [0.15, 0.2) is 47.5 Å². The molecule has 2 aromatic rings. The second kappa shape index (κ2) is 7.71. The molecule has 6 heteroatoms. The molecular formula is C21H24ClN5. The lowest BCUT2D eigenvalue weighted by molar-refractivity contribution is 0.391. The normalized spacial score (nSPS) is 17.6. The summed E-state index contributed by atoms with van der Waals surface area (Å²) in [5, 5.41) is 12.2. The highest BCUT2D eigenvalue weighted by molar-refractivity contribution is 6.30. The lowest BCUT2D eigenvalue weighted by Gasteiger charge is -2.42. The van der Waals surface area contributed by atoms with Crippen LogP contribution in [0.4, 0.5) is 11.4 Å². The van der Waals surface area contributed by atoms with E-state index in [0.29, 0.717) is 6.54 Å². The number of hydrazine groups is 1. The first kappa shape index (κ1) is 18.0. The number of benzene rings is 2. The maximum Gasteiger partial charge on any atom is 0.142 e. The number of aliphatic imine (C=N–C) groups is 1. The van der Waals surface area contributed by atoms with E-state index in [4.69, 9.17) is 22.0 Å². The number of anilines is 1. The van der Waals surface area contributed by atoms with Crippen LogP contribution in [0.3, 0.4) is 0 Å². The highest BCUT2D eigenvalue weighted by Gasteiger charge is 2.40. The second-order valence-corrected chi connectivity index (χ2v) is 7.66. The molecule has 140 valence electrons. The van der Waals surface area contributed by atoms with Crippen molar-refractivity contribution in [3.8, 4) is 0 Å². The Morgan fingerprint density at radius 1 is 1.15 bits per heavy atom. The molecule has 1 saturated carbocycles. The molecule has 0 aromatic heterocycles. The molecule has 0 unspecified atom stereocenters. The Hall–Kier alpha value is -2.37. The van der Waals surface area contributed by atoms with E-state index in [1.54, 1.807) is 0 Å². The Morgan fingerprint density at radius 2 is 1.96 bits per heavy atom. The third-order valence-electron chi connectivity index (χ3n) is 5.37. The highest BCUT2D eigenvalue weighted by Crippen LogP contribution is 2.41. The summed E-state index contributed by atoms with van der Waals surface area (Å²) in [5.74, 6) is 0.908. The van der Waals surface area contributed by atoms with E-state index in [9.17, 15) is 0 Å².